The lowest BCUT2D eigenvalue weighted by molar-refractivity contribution is 0.579. The Morgan fingerprint density at radius 2 is 2.21 bits per heavy atom. The molecule has 0 aliphatic rings. The number of sulfonamides is 1. The number of aryl methyl sites for hydroxylation is 1. The quantitative estimate of drug-likeness (QED) is 0.942. The maximum absolute atomic E-state index is 13.0. The van der Waals surface area contributed by atoms with E-state index in [-0.39, 0.29) is 16.5 Å². The Morgan fingerprint density at radius 1 is 1.47 bits per heavy atom. The zero-order valence-electron chi connectivity index (χ0n) is 9.85. The van der Waals surface area contributed by atoms with Crippen LogP contribution in [0.3, 0.4) is 0 Å². The molecular weight excluding hydrogens is 311 g/mol. The number of nitrogens with one attached hydrogen (secondary N) is 1. The molecule has 102 valence electrons. The predicted molar refractivity (Wildman–Crippen MR) is 72.3 cm³/mol. The second-order valence-electron chi connectivity index (χ2n) is 3.76. The summed E-state index contributed by atoms with van der Waals surface area (Å²) >= 11 is 7.00. The molecule has 2 rings (SSSR count). The summed E-state index contributed by atoms with van der Waals surface area (Å²) in [6.07, 6.45) is 0. The van der Waals surface area contributed by atoms with Crippen molar-refractivity contribution in [1.29, 1.82) is 0 Å². The van der Waals surface area contributed by atoms with E-state index >= 15 is 0 Å². The third kappa shape index (κ3) is 3.50. The predicted octanol–water partition coefficient (Wildman–Crippen LogP) is 2.72. The Kier molecular flexibility index (Phi) is 4.19. The number of hydrogen-bond acceptors (Lipinski definition) is 4. The van der Waals surface area contributed by atoms with E-state index < -0.39 is 15.8 Å². The van der Waals surface area contributed by atoms with E-state index in [4.69, 9.17) is 11.6 Å². The summed E-state index contributed by atoms with van der Waals surface area (Å²) in [6, 6.07) is 3.26. The first kappa shape index (κ1) is 14.4. The van der Waals surface area contributed by atoms with Gasteiger partial charge in [-0.15, -0.1) is 11.3 Å². The molecule has 4 nitrogen and oxygen atoms in total. The van der Waals surface area contributed by atoms with Crippen molar-refractivity contribution in [1.82, 2.24) is 9.71 Å². The number of rotatable bonds is 4. The van der Waals surface area contributed by atoms with Crippen molar-refractivity contribution in [3.63, 3.8) is 0 Å². The van der Waals surface area contributed by atoms with Gasteiger partial charge in [-0.25, -0.2) is 22.5 Å². The SMILES string of the molecule is Cc1nc(CNS(=O)(=O)c2ccc(F)c(Cl)c2)cs1. The minimum atomic E-state index is -3.72. The first-order valence-electron chi connectivity index (χ1n) is 5.24. The topological polar surface area (TPSA) is 59.1 Å². The van der Waals surface area contributed by atoms with Crippen LogP contribution in [0, 0.1) is 12.7 Å². The number of aromatic nitrogens is 1. The van der Waals surface area contributed by atoms with E-state index in [1.165, 1.54) is 11.3 Å². The highest BCUT2D eigenvalue weighted by Gasteiger charge is 2.16. The molecule has 0 saturated heterocycles. The fraction of sp³-hybridized carbons (Fsp3) is 0.182. The van der Waals surface area contributed by atoms with Crippen LogP contribution >= 0.6 is 22.9 Å². The van der Waals surface area contributed by atoms with Gasteiger partial charge >= 0.3 is 0 Å². The fourth-order valence-electron chi connectivity index (χ4n) is 1.39. The number of nitrogens with zero attached hydrogens (tertiary/aromatic N) is 1. The Hall–Kier alpha value is -1.02. The highest BCUT2D eigenvalue weighted by molar-refractivity contribution is 7.89. The van der Waals surface area contributed by atoms with Crippen LogP contribution in [0.25, 0.3) is 0 Å². The van der Waals surface area contributed by atoms with Gasteiger partial charge in [-0.2, -0.15) is 0 Å². The van der Waals surface area contributed by atoms with Crippen LogP contribution < -0.4 is 4.72 Å². The third-order valence-electron chi connectivity index (χ3n) is 2.31. The highest BCUT2D eigenvalue weighted by atomic mass is 35.5. The summed E-state index contributed by atoms with van der Waals surface area (Å²) in [7, 11) is -3.72. The first-order valence-corrected chi connectivity index (χ1v) is 7.98. The van der Waals surface area contributed by atoms with Gasteiger partial charge in [0, 0.05) is 5.38 Å². The molecule has 2 aromatic rings. The normalized spacial score (nSPS) is 11.7. The van der Waals surface area contributed by atoms with Crippen LogP contribution in [0.1, 0.15) is 10.7 Å². The van der Waals surface area contributed by atoms with Gasteiger partial charge in [-0.05, 0) is 25.1 Å². The van der Waals surface area contributed by atoms with E-state index in [0.717, 1.165) is 23.2 Å². The molecular formula is C11H10ClFN2O2S2. The second kappa shape index (κ2) is 5.54. The fourth-order valence-corrected chi connectivity index (χ4v) is 3.27. The second-order valence-corrected chi connectivity index (χ2v) is 6.99. The minimum absolute atomic E-state index is 0.0779. The molecule has 0 aliphatic heterocycles. The molecule has 0 aliphatic carbocycles. The van der Waals surface area contributed by atoms with Gasteiger partial charge in [0.15, 0.2) is 0 Å². The summed E-state index contributed by atoms with van der Waals surface area (Å²) in [5, 5.41) is 2.40. The van der Waals surface area contributed by atoms with Crippen LogP contribution in [-0.2, 0) is 16.6 Å². The molecule has 1 aromatic heterocycles. The number of hydrogen-bond donors (Lipinski definition) is 1. The maximum Gasteiger partial charge on any atom is 0.240 e. The van der Waals surface area contributed by atoms with Gasteiger partial charge in [-0.3, -0.25) is 0 Å². The van der Waals surface area contributed by atoms with Crippen LogP contribution in [-0.4, -0.2) is 13.4 Å². The first-order chi connectivity index (χ1) is 8.88. The molecule has 19 heavy (non-hydrogen) atoms. The molecule has 0 amide bonds. The summed E-state index contributed by atoms with van der Waals surface area (Å²) in [6.45, 7) is 1.92. The Morgan fingerprint density at radius 3 is 2.79 bits per heavy atom. The van der Waals surface area contributed by atoms with Crippen molar-refractivity contribution in [2.75, 3.05) is 0 Å². The van der Waals surface area contributed by atoms with Crippen molar-refractivity contribution in [3.8, 4) is 0 Å². The highest BCUT2D eigenvalue weighted by Crippen LogP contribution is 2.19. The van der Waals surface area contributed by atoms with Crippen molar-refractivity contribution in [2.45, 2.75) is 18.4 Å². The van der Waals surface area contributed by atoms with E-state index in [2.05, 4.69) is 9.71 Å². The molecule has 0 atom stereocenters. The monoisotopic (exact) mass is 320 g/mol. The lowest BCUT2D eigenvalue weighted by Gasteiger charge is -2.06. The van der Waals surface area contributed by atoms with E-state index in [1.807, 2.05) is 6.92 Å². The zero-order chi connectivity index (χ0) is 14.0. The van der Waals surface area contributed by atoms with Gasteiger partial charge in [0.05, 0.1) is 27.2 Å². The average molecular weight is 321 g/mol. The standard InChI is InChI=1S/C11H10ClFN2O2S2/c1-7-15-8(6-18-7)5-14-19(16,17)9-2-3-11(13)10(12)4-9/h2-4,6,14H,5H2,1H3. The van der Waals surface area contributed by atoms with E-state index in [1.54, 1.807) is 5.38 Å². The molecule has 0 bridgehead atoms. The molecule has 1 heterocycles. The summed E-state index contributed by atoms with van der Waals surface area (Å²) in [5.74, 6) is -0.657. The van der Waals surface area contributed by atoms with E-state index in [0.29, 0.717) is 5.69 Å². The number of halogens is 2. The van der Waals surface area contributed by atoms with Crippen molar-refractivity contribution in [2.24, 2.45) is 0 Å². The van der Waals surface area contributed by atoms with Gasteiger partial charge in [0.25, 0.3) is 0 Å². The zero-order valence-corrected chi connectivity index (χ0v) is 12.2. The molecule has 0 spiro atoms. The average Bonchev–Trinajstić information content (AvgIpc) is 2.76. The summed E-state index contributed by atoms with van der Waals surface area (Å²) < 4.78 is 39.3. The number of thiazole rings is 1. The van der Waals surface area contributed by atoms with Crippen LogP contribution in [0.2, 0.25) is 5.02 Å². The lowest BCUT2D eigenvalue weighted by Crippen LogP contribution is -2.23. The van der Waals surface area contributed by atoms with E-state index in [9.17, 15) is 12.8 Å². The van der Waals surface area contributed by atoms with Crippen molar-refractivity contribution < 1.29 is 12.8 Å². The van der Waals surface area contributed by atoms with Gasteiger partial charge in [0.2, 0.25) is 10.0 Å². The van der Waals surface area contributed by atoms with Crippen LogP contribution in [0.5, 0.6) is 0 Å². The van der Waals surface area contributed by atoms with Gasteiger partial charge in [0.1, 0.15) is 5.82 Å². The number of benzene rings is 1. The molecule has 8 heteroatoms. The molecule has 1 aromatic carbocycles. The third-order valence-corrected chi connectivity index (χ3v) is 4.82. The minimum Gasteiger partial charge on any atom is -0.245 e. The van der Waals surface area contributed by atoms with Crippen LogP contribution in [0.4, 0.5) is 4.39 Å². The van der Waals surface area contributed by atoms with Crippen molar-refractivity contribution in [3.05, 3.63) is 45.1 Å². The molecule has 0 saturated carbocycles. The molecule has 0 fully saturated rings. The largest absolute Gasteiger partial charge is 0.245 e. The Balaban J connectivity index is 2.16. The Bertz CT molecular complexity index is 700. The van der Waals surface area contributed by atoms with Crippen LogP contribution in [0.15, 0.2) is 28.5 Å². The molecule has 0 unspecified atom stereocenters. The summed E-state index contributed by atoms with van der Waals surface area (Å²) in [5.41, 5.74) is 0.638. The summed E-state index contributed by atoms with van der Waals surface area (Å²) in [4.78, 5) is 4.07. The lowest BCUT2D eigenvalue weighted by atomic mass is 10.3. The van der Waals surface area contributed by atoms with Crippen molar-refractivity contribution >= 4 is 33.0 Å². The smallest absolute Gasteiger partial charge is 0.240 e. The molecule has 1 N–H and O–H groups in total. The molecule has 0 radical (unpaired) electrons. The van der Waals surface area contributed by atoms with Gasteiger partial charge in [-0.1, -0.05) is 11.6 Å². The van der Waals surface area contributed by atoms with Gasteiger partial charge < -0.3 is 0 Å². The maximum atomic E-state index is 13.0. The Labute approximate surface area is 119 Å².